The molecule has 2 atom stereocenters. The maximum atomic E-state index is 12.3. The quantitative estimate of drug-likeness (QED) is 0.806. The first-order valence-corrected chi connectivity index (χ1v) is 8.02. The minimum atomic E-state index is -0.547. The highest BCUT2D eigenvalue weighted by molar-refractivity contribution is 9.10. The molecule has 20 heavy (non-hydrogen) atoms. The molecule has 1 heterocycles. The van der Waals surface area contributed by atoms with Gasteiger partial charge in [-0.25, -0.2) is 0 Å². The zero-order valence-electron chi connectivity index (χ0n) is 12.1. The van der Waals surface area contributed by atoms with Gasteiger partial charge in [-0.1, -0.05) is 6.92 Å². The summed E-state index contributed by atoms with van der Waals surface area (Å²) in [5.74, 6) is -0.123. The minimum Gasteiger partial charge on any atom is -0.465 e. The Labute approximate surface area is 128 Å². The Balaban J connectivity index is 2.11. The van der Waals surface area contributed by atoms with Gasteiger partial charge in [-0.15, -0.1) is 0 Å². The van der Waals surface area contributed by atoms with Gasteiger partial charge in [-0.3, -0.25) is 9.48 Å². The van der Waals surface area contributed by atoms with E-state index < -0.39 is 5.54 Å². The SMILES string of the molecule is CCCNC1(C(=O)OCC)CCC(n2cc(Br)cn2)C1. The molecule has 0 radical (unpaired) electrons. The molecule has 0 bridgehead atoms. The van der Waals surface area contributed by atoms with Crippen molar-refractivity contribution in [3.05, 3.63) is 16.9 Å². The van der Waals surface area contributed by atoms with Gasteiger partial charge in [0.05, 0.1) is 23.3 Å². The molecule has 1 aliphatic rings. The Hall–Kier alpha value is -0.880. The Morgan fingerprint density at radius 1 is 1.65 bits per heavy atom. The predicted molar refractivity (Wildman–Crippen MR) is 80.5 cm³/mol. The van der Waals surface area contributed by atoms with E-state index in [0.29, 0.717) is 6.61 Å². The smallest absolute Gasteiger partial charge is 0.326 e. The van der Waals surface area contributed by atoms with Crippen LogP contribution in [-0.4, -0.2) is 34.4 Å². The summed E-state index contributed by atoms with van der Waals surface area (Å²) in [6.45, 7) is 5.20. The monoisotopic (exact) mass is 343 g/mol. The molecule has 0 spiro atoms. The summed E-state index contributed by atoms with van der Waals surface area (Å²) in [6, 6.07) is 0.245. The maximum absolute atomic E-state index is 12.3. The summed E-state index contributed by atoms with van der Waals surface area (Å²) in [6.07, 6.45) is 7.21. The molecule has 1 aliphatic carbocycles. The van der Waals surface area contributed by atoms with E-state index in [1.807, 2.05) is 17.8 Å². The van der Waals surface area contributed by atoms with Crippen molar-refractivity contribution in [2.75, 3.05) is 13.2 Å². The zero-order valence-corrected chi connectivity index (χ0v) is 13.6. The lowest BCUT2D eigenvalue weighted by Crippen LogP contribution is -2.51. The summed E-state index contributed by atoms with van der Waals surface area (Å²) >= 11 is 3.41. The first-order chi connectivity index (χ1) is 9.61. The first kappa shape index (κ1) is 15.5. The Morgan fingerprint density at radius 2 is 2.45 bits per heavy atom. The number of nitrogens with one attached hydrogen (secondary N) is 1. The fraction of sp³-hybridized carbons (Fsp3) is 0.714. The van der Waals surface area contributed by atoms with Crippen molar-refractivity contribution in [1.82, 2.24) is 15.1 Å². The van der Waals surface area contributed by atoms with Gasteiger partial charge in [0.2, 0.25) is 0 Å². The van der Waals surface area contributed by atoms with Crippen molar-refractivity contribution in [2.45, 2.75) is 51.1 Å². The Bertz CT molecular complexity index is 463. The number of carbonyl (C=O) groups excluding carboxylic acids is 1. The normalized spacial score (nSPS) is 25.9. The summed E-state index contributed by atoms with van der Waals surface area (Å²) < 4.78 is 8.18. The fourth-order valence-electron chi connectivity index (χ4n) is 2.81. The lowest BCUT2D eigenvalue weighted by Gasteiger charge is -2.28. The summed E-state index contributed by atoms with van der Waals surface area (Å²) in [4.78, 5) is 12.3. The van der Waals surface area contributed by atoms with E-state index in [0.717, 1.165) is 36.7 Å². The van der Waals surface area contributed by atoms with Crippen LogP contribution < -0.4 is 5.32 Å². The third-order valence-electron chi connectivity index (χ3n) is 3.81. The van der Waals surface area contributed by atoms with Crippen LogP contribution in [0.15, 0.2) is 16.9 Å². The third-order valence-corrected chi connectivity index (χ3v) is 4.22. The van der Waals surface area contributed by atoms with Crippen LogP contribution in [0.25, 0.3) is 0 Å². The standard InChI is InChI=1S/C14H22BrN3O2/c1-3-7-16-14(13(19)20-4-2)6-5-12(8-14)18-10-11(15)9-17-18/h9-10,12,16H,3-8H2,1-2H3. The number of hydrogen-bond donors (Lipinski definition) is 1. The van der Waals surface area contributed by atoms with Crippen LogP contribution in [0.5, 0.6) is 0 Å². The van der Waals surface area contributed by atoms with Gasteiger partial charge in [0.15, 0.2) is 0 Å². The van der Waals surface area contributed by atoms with Crippen LogP contribution >= 0.6 is 15.9 Å². The molecule has 6 heteroatoms. The first-order valence-electron chi connectivity index (χ1n) is 7.23. The van der Waals surface area contributed by atoms with Crippen molar-refractivity contribution in [2.24, 2.45) is 0 Å². The average molecular weight is 344 g/mol. The van der Waals surface area contributed by atoms with Gasteiger partial charge in [-0.2, -0.15) is 5.10 Å². The van der Waals surface area contributed by atoms with Gasteiger partial charge in [-0.05, 0) is 55.1 Å². The molecule has 1 aromatic heterocycles. The number of halogens is 1. The van der Waals surface area contributed by atoms with E-state index in [2.05, 4.69) is 33.3 Å². The van der Waals surface area contributed by atoms with Crippen LogP contribution in [0, 0.1) is 0 Å². The lowest BCUT2D eigenvalue weighted by molar-refractivity contribution is -0.151. The molecule has 1 N–H and O–H groups in total. The molecule has 1 fully saturated rings. The van der Waals surface area contributed by atoms with Crippen LogP contribution in [0.2, 0.25) is 0 Å². The number of hydrogen-bond acceptors (Lipinski definition) is 4. The van der Waals surface area contributed by atoms with Gasteiger partial charge in [0.1, 0.15) is 5.54 Å². The fourth-order valence-corrected chi connectivity index (χ4v) is 3.11. The highest BCUT2D eigenvalue weighted by atomic mass is 79.9. The number of aromatic nitrogens is 2. The molecule has 2 rings (SSSR count). The molecular weight excluding hydrogens is 322 g/mol. The number of nitrogens with zero attached hydrogens (tertiary/aromatic N) is 2. The molecule has 0 aromatic carbocycles. The number of esters is 1. The maximum Gasteiger partial charge on any atom is 0.326 e. The van der Waals surface area contributed by atoms with Gasteiger partial charge < -0.3 is 10.1 Å². The van der Waals surface area contributed by atoms with Crippen LogP contribution in [0.4, 0.5) is 0 Å². The molecule has 5 nitrogen and oxygen atoms in total. The minimum absolute atomic E-state index is 0.123. The second-order valence-corrected chi connectivity index (χ2v) is 6.18. The Kier molecular flexibility index (Phi) is 5.21. The van der Waals surface area contributed by atoms with Crippen molar-refractivity contribution < 1.29 is 9.53 Å². The molecule has 2 unspecified atom stereocenters. The zero-order chi connectivity index (χ0) is 14.6. The second kappa shape index (κ2) is 6.72. The van der Waals surface area contributed by atoms with Crippen molar-refractivity contribution in [1.29, 1.82) is 0 Å². The van der Waals surface area contributed by atoms with E-state index in [1.54, 1.807) is 6.20 Å². The van der Waals surface area contributed by atoms with Crippen molar-refractivity contribution >= 4 is 21.9 Å². The van der Waals surface area contributed by atoms with Gasteiger partial charge >= 0.3 is 5.97 Å². The van der Waals surface area contributed by atoms with Crippen LogP contribution in [0.3, 0.4) is 0 Å². The van der Waals surface area contributed by atoms with E-state index >= 15 is 0 Å². The second-order valence-electron chi connectivity index (χ2n) is 5.26. The largest absolute Gasteiger partial charge is 0.465 e. The van der Waals surface area contributed by atoms with Crippen LogP contribution in [0.1, 0.15) is 45.6 Å². The Morgan fingerprint density at radius 3 is 3.05 bits per heavy atom. The van der Waals surface area contributed by atoms with Crippen molar-refractivity contribution in [3.63, 3.8) is 0 Å². The van der Waals surface area contributed by atoms with E-state index in [-0.39, 0.29) is 12.0 Å². The van der Waals surface area contributed by atoms with Gasteiger partial charge in [0, 0.05) is 6.20 Å². The average Bonchev–Trinajstić information content (AvgIpc) is 3.04. The summed E-state index contributed by atoms with van der Waals surface area (Å²) in [5, 5.41) is 7.75. The lowest BCUT2D eigenvalue weighted by atomic mass is 9.97. The topological polar surface area (TPSA) is 56.1 Å². The van der Waals surface area contributed by atoms with E-state index in [1.165, 1.54) is 0 Å². The van der Waals surface area contributed by atoms with Crippen LogP contribution in [-0.2, 0) is 9.53 Å². The van der Waals surface area contributed by atoms with Crippen molar-refractivity contribution in [3.8, 4) is 0 Å². The number of ether oxygens (including phenoxy) is 1. The molecule has 1 saturated carbocycles. The van der Waals surface area contributed by atoms with E-state index in [4.69, 9.17) is 4.74 Å². The molecular formula is C14H22BrN3O2. The number of carbonyl (C=O) groups is 1. The molecule has 1 aromatic rings. The molecule has 112 valence electrons. The molecule has 0 amide bonds. The van der Waals surface area contributed by atoms with Gasteiger partial charge in [0.25, 0.3) is 0 Å². The molecule has 0 aliphatic heterocycles. The number of rotatable bonds is 6. The summed E-state index contributed by atoms with van der Waals surface area (Å²) in [5.41, 5.74) is -0.547. The summed E-state index contributed by atoms with van der Waals surface area (Å²) in [7, 11) is 0. The van der Waals surface area contributed by atoms with E-state index in [9.17, 15) is 4.79 Å². The molecule has 0 saturated heterocycles. The highest BCUT2D eigenvalue weighted by Crippen LogP contribution is 2.38. The highest BCUT2D eigenvalue weighted by Gasteiger charge is 2.46. The predicted octanol–water partition coefficient (Wildman–Crippen LogP) is 2.67. The third kappa shape index (κ3) is 3.23.